The molecule has 0 bridgehead atoms. The maximum atomic E-state index is 12.4. The fourth-order valence-electron chi connectivity index (χ4n) is 3.45. The molecular formula is C20H26N4O2. The first kappa shape index (κ1) is 18.2. The molecule has 3 rings (SSSR count). The average Bonchev–Trinajstić information content (AvgIpc) is 3.28. The first-order valence-electron chi connectivity index (χ1n) is 9.03. The first-order valence-corrected chi connectivity index (χ1v) is 9.03. The van der Waals surface area contributed by atoms with Crippen molar-refractivity contribution in [1.82, 2.24) is 15.2 Å². The molecule has 2 atom stereocenters. The van der Waals surface area contributed by atoms with Crippen LogP contribution in [0.1, 0.15) is 54.0 Å². The number of benzene rings is 1. The minimum atomic E-state index is -0.120. The van der Waals surface area contributed by atoms with E-state index in [1.807, 2.05) is 24.3 Å². The van der Waals surface area contributed by atoms with Gasteiger partial charge in [-0.05, 0) is 36.6 Å². The topological polar surface area (TPSA) is 91.2 Å². The number of likely N-dealkylation sites (tertiary alicyclic amines) is 1. The molecule has 0 unspecified atom stereocenters. The van der Waals surface area contributed by atoms with Crippen LogP contribution in [0.25, 0.3) is 0 Å². The summed E-state index contributed by atoms with van der Waals surface area (Å²) in [5, 5.41) is 3.05. The fourth-order valence-corrected chi connectivity index (χ4v) is 3.45. The van der Waals surface area contributed by atoms with E-state index >= 15 is 0 Å². The summed E-state index contributed by atoms with van der Waals surface area (Å²) < 4.78 is 0. The molecule has 6 nitrogen and oxygen atoms in total. The Kier molecular flexibility index (Phi) is 5.42. The number of nitrogens with one attached hydrogen (secondary N) is 2. The van der Waals surface area contributed by atoms with Gasteiger partial charge in [0.25, 0.3) is 5.91 Å². The zero-order chi connectivity index (χ0) is 18.7. The minimum Gasteiger partial charge on any atom is -0.360 e. The molecule has 1 aromatic heterocycles. The van der Waals surface area contributed by atoms with E-state index in [-0.39, 0.29) is 30.4 Å². The Labute approximate surface area is 153 Å². The maximum Gasteiger partial charge on any atom is 0.251 e. The van der Waals surface area contributed by atoms with Gasteiger partial charge in [-0.15, -0.1) is 0 Å². The van der Waals surface area contributed by atoms with Crippen molar-refractivity contribution in [1.29, 1.82) is 0 Å². The summed E-state index contributed by atoms with van der Waals surface area (Å²) in [5.41, 5.74) is 8.34. The van der Waals surface area contributed by atoms with Crippen LogP contribution in [0, 0.1) is 0 Å². The Bertz CT molecular complexity index is 769. The third-order valence-corrected chi connectivity index (χ3v) is 4.88. The van der Waals surface area contributed by atoms with E-state index in [4.69, 9.17) is 5.73 Å². The standard InChI is InChI=1S/C20H26N4O2/c1-13(2)16-8-9-17(23-16)18-10-15(12-24(18)19(25)11-21)22-20(26)14-6-4-3-5-7-14/h3-9,13,15,18,23H,10-12,21H2,1-2H3,(H,22,26)/t15-,18+/m1/s1. The van der Waals surface area contributed by atoms with E-state index in [1.54, 1.807) is 17.0 Å². The van der Waals surface area contributed by atoms with E-state index in [9.17, 15) is 9.59 Å². The average molecular weight is 354 g/mol. The molecule has 0 spiro atoms. The molecule has 0 saturated carbocycles. The lowest BCUT2D eigenvalue weighted by Crippen LogP contribution is -2.40. The van der Waals surface area contributed by atoms with Gasteiger partial charge in [-0.25, -0.2) is 0 Å². The van der Waals surface area contributed by atoms with Gasteiger partial charge in [0.15, 0.2) is 0 Å². The van der Waals surface area contributed by atoms with Gasteiger partial charge < -0.3 is 20.9 Å². The number of nitrogens with zero attached hydrogens (tertiary/aromatic N) is 1. The van der Waals surface area contributed by atoms with E-state index in [1.165, 1.54) is 0 Å². The summed E-state index contributed by atoms with van der Waals surface area (Å²) in [7, 11) is 0. The Hall–Kier alpha value is -2.60. The SMILES string of the molecule is CC(C)c1ccc([C@@H]2C[C@@H](NC(=O)c3ccccc3)CN2C(=O)CN)[nH]1. The Balaban J connectivity index is 1.76. The molecular weight excluding hydrogens is 328 g/mol. The Morgan fingerprint density at radius 3 is 2.58 bits per heavy atom. The second-order valence-corrected chi connectivity index (χ2v) is 7.06. The van der Waals surface area contributed by atoms with Crippen molar-refractivity contribution in [3.05, 3.63) is 59.4 Å². The van der Waals surface area contributed by atoms with Crippen LogP contribution in [0.2, 0.25) is 0 Å². The summed E-state index contributed by atoms with van der Waals surface area (Å²) >= 11 is 0. The van der Waals surface area contributed by atoms with Gasteiger partial charge in [0.2, 0.25) is 5.91 Å². The molecule has 2 heterocycles. The fraction of sp³-hybridized carbons (Fsp3) is 0.400. The number of rotatable bonds is 5. The molecule has 1 aliphatic rings. The Morgan fingerprint density at radius 2 is 1.96 bits per heavy atom. The number of H-pyrrole nitrogens is 1. The second kappa shape index (κ2) is 7.74. The van der Waals surface area contributed by atoms with Crippen LogP contribution in [0.5, 0.6) is 0 Å². The zero-order valence-electron chi connectivity index (χ0n) is 15.2. The third-order valence-electron chi connectivity index (χ3n) is 4.88. The van der Waals surface area contributed by atoms with Crippen molar-refractivity contribution in [2.45, 2.75) is 38.3 Å². The van der Waals surface area contributed by atoms with Crippen LogP contribution in [0.4, 0.5) is 0 Å². The van der Waals surface area contributed by atoms with Gasteiger partial charge in [0.05, 0.1) is 12.6 Å². The van der Waals surface area contributed by atoms with Crippen LogP contribution >= 0.6 is 0 Å². The number of carbonyl (C=O) groups is 2. The number of carbonyl (C=O) groups excluding carboxylic acids is 2. The second-order valence-electron chi connectivity index (χ2n) is 7.06. The van der Waals surface area contributed by atoms with Gasteiger partial charge in [0.1, 0.15) is 0 Å². The molecule has 138 valence electrons. The normalized spacial score (nSPS) is 19.8. The number of aromatic amines is 1. The van der Waals surface area contributed by atoms with E-state index < -0.39 is 0 Å². The predicted octanol–water partition coefficient (Wildman–Crippen LogP) is 2.17. The molecule has 2 aromatic rings. The molecule has 1 saturated heterocycles. The molecule has 4 N–H and O–H groups in total. The maximum absolute atomic E-state index is 12.4. The lowest BCUT2D eigenvalue weighted by Gasteiger charge is -2.23. The van der Waals surface area contributed by atoms with Crippen LogP contribution in [-0.4, -0.2) is 40.8 Å². The molecule has 1 aromatic carbocycles. The van der Waals surface area contributed by atoms with Gasteiger partial charge in [-0.3, -0.25) is 9.59 Å². The predicted molar refractivity (Wildman–Crippen MR) is 101 cm³/mol. The van der Waals surface area contributed by atoms with Crippen molar-refractivity contribution in [3.63, 3.8) is 0 Å². The number of hydrogen-bond acceptors (Lipinski definition) is 3. The smallest absolute Gasteiger partial charge is 0.251 e. The highest BCUT2D eigenvalue weighted by Crippen LogP contribution is 2.32. The number of hydrogen-bond donors (Lipinski definition) is 3. The quantitative estimate of drug-likeness (QED) is 0.768. The van der Waals surface area contributed by atoms with Gasteiger partial charge in [-0.2, -0.15) is 0 Å². The van der Waals surface area contributed by atoms with Gasteiger partial charge in [0, 0.05) is 29.5 Å². The van der Waals surface area contributed by atoms with Gasteiger partial charge in [-0.1, -0.05) is 32.0 Å². The monoisotopic (exact) mass is 354 g/mol. The summed E-state index contributed by atoms with van der Waals surface area (Å²) in [4.78, 5) is 29.9. The van der Waals surface area contributed by atoms with Crippen LogP contribution in [0.3, 0.4) is 0 Å². The Morgan fingerprint density at radius 1 is 1.23 bits per heavy atom. The lowest BCUT2D eigenvalue weighted by atomic mass is 10.1. The molecule has 1 aliphatic heterocycles. The molecule has 1 fully saturated rings. The minimum absolute atomic E-state index is 0.0341. The summed E-state index contributed by atoms with van der Waals surface area (Å²) in [6, 6.07) is 13.0. The number of aromatic nitrogens is 1. The molecule has 0 radical (unpaired) electrons. The lowest BCUT2D eigenvalue weighted by molar-refractivity contribution is -0.130. The molecule has 26 heavy (non-hydrogen) atoms. The van der Waals surface area contributed by atoms with Crippen molar-refractivity contribution < 1.29 is 9.59 Å². The molecule has 2 amide bonds. The summed E-state index contributed by atoms with van der Waals surface area (Å²) in [6.07, 6.45) is 0.669. The van der Waals surface area contributed by atoms with E-state index in [0.717, 1.165) is 11.4 Å². The van der Waals surface area contributed by atoms with E-state index in [0.29, 0.717) is 24.4 Å². The van der Waals surface area contributed by atoms with Gasteiger partial charge >= 0.3 is 0 Å². The summed E-state index contributed by atoms with van der Waals surface area (Å²) in [6.45, 7) is 4.68. The largest absolute Gasteiger partial charge is 0.360 e. The van der Waals surface area contributed by atoms with Crippen LogP contribution < -0.4 is 11.1 Å². The van der Waals surface area contributed by atoms with Crippen molar-refractivity contribution >= 4 is 11.8 Å². The molecule has 0 aliphatic carbocycles. The third kappa shape index (κ3) is 3.80. The first-order chi connectivity index (χ1) is 12.5. The number of amides is 2. The zero-order valence-corrected chi connectivity index (χ0v) is 15.2. The van der Waals surface area contributed by atoms with Crippen LogP contribution in [-0.2, 0) is 4.79 Å². The highest BCUT2D eigenvalue weighted by Gasteiger charge is 2.37. The highest BCUT2D eigenvalue weighted by atomic mass is 16.2. The van der Waals surface area contributed by atoms with Crippen LogP contribution in [0.15, 0.2) is 42.5 Å². The highest BCUT2D eigenvalue weighted by molar-refractivity contribution is 5.94. The number of nitrogens with two attached hydrogens (primary N) is 1. The van der Waals surface area contributed by atoms with Crippen molar-refractivity contribution in [2.24, 2.45) is 5.73 Å². The van der Waals surface area contributed by atoms with Crippen molar-refractivity contribution in [3.8, 4) is 0 Å². The molecule has 6 heteroatoms. The van der Waals surface area contributed by atoms with Crippen molar-refractivity contribution in [2.75, 3.05) is 13.1 Å². The van der Waals surface area contributed by atoms with E-state index in [2.05, 4.69) is 30.2 Å². The summed E-state index contributed by atoms with van der Waals surface area (Å²) in [5.74, 6) is 0.162.